The molecule has 4 rings (SSSR count). The Morgan fingerprint density at radius 2 is 1.76 bits per heavy atom. The molecule has 0 saturated heterocycles. The minimum Gasteiger partial charge on any atom is -0.450 e. The van der Waals surface area contributed by atoms with Crippen LogP contribution in [-0.2, 0) is 0 Å². The van der Waals surface area contributed by atoms with E-state index in [4.69, 9.17) is 10.2 Å². The molecule has 29 heavy (non-hydrogen) atoms. The van der Waals surface area contributed by atoms with Gasteiger partial charge in [0.25, 0.3) is 5.69 Å². The molecule has 2 N–H and O–H groups in total. The Balaban J connectivity index is 1.79. The summed E-state index contributed by atoms with van der Waals surface area (Å²) in [6.07, 6.45) is 0. The van der Waals surface area contributed by atoms with Crippen molar-refractivity contribution in [1.82, 2.24) is 0 Å². The Morgan fingerprint density at radius 1 is 1.00 bits per heavy atom. The molecule has 0 spiro atoms. The highest BCUT2D eigenvalue weighted by Gasteiger charge is 2.22. The molecule has 0 bridgehead atoms. The molecule has 0 aliphatic heterocycles. The van der Waals surface area contributed by atoms with Gasteiger partial charge in [0.15, 0.2) is 5.76 Å². The molecule has 1 aromatic heterocycles. The van der Waals surface area contributed by atoms with Crippen LogP contribution in [0.5, 0.6) is 0 Å². The molecule has 0 aliphatic carbocycles. The molecule has 0 aliphatic rings. The summed E-state index contributed by atoms with van der Waals surface area (Å²) in [6, 6.07) is 17.2. The third kappa shape index (κ3) is 3.25. The Bertz CT molecular complexity index is 1290. The van der Waals surface area contributed by atoms with E-state index in [-0.39, 0.29) is 22.9 Å². The lowest BCUT2D eigenvalue weighted by Crippen LogP contribution is -2.05. The molecule has 1 heterocycles. The first-order valence-electron chi connectivity index (χ1n) is 9.04. The zero-order valence-electron chi connectivity index (χ0n) is 15.9. The minimum absolute atomic E-state index is 0.00673. The van der Waals surface area contributed by atoms with Crippen LogP contribution < -0.4 is 5.73 Å². The van der Waals surface area contributed by atoms with Gasteiger partial charge in [0.05, 0.1) is 10.6 Å². The molecule has 0 saturated carbocycles. The number of carbonyl (C=O) groups is 1. The van der Waals surface area contributed by atoms with Gasteiger partial charge in [-0.3, -0.25) is 14.9 Å². The second kappa shape index (κ2) is 6.91. The highest BCUT2D eigenvalue weighted by Crippen LogP contribution is 2.34. The number of fused-ring (bicyclic) bond motifs is 1. The molecule has 0 atom stereocenters. The van der Waals surface area contributed by atoms with Gasteiger partial charge in [0.1, 0.15) is 5.58 Å². The van der Waals surface area contributed by atoms with Crippen LogP contribution in [0.4, 0.5) is 11.4 Å². The summed E-state index contributed by atoms with van der Waals surface area (Å²) < 4.78 is 5.83. The predicted molar refractivity (Wildman–Crippen MR) is 112 cm³/mol. The monoisotopic (exact) mass is 386 g/mol. The number of non-ortho nitro benzene ring substituents is 1. The third-order valence-corrected chi connectivity index (χ3v) is 4.95. The van der Waals surface area contributed by atoms with E-state index >= 15 is 0 Å². The molecule has 0 radical (unpaired) electrons. The highest BCUT2D eigenvalue weighted by atomic mass is 16.6. The van der Waals surface area contributed by atoms with E-state index in [9.17, 15) is 14.9 Å². The number of nitrogens with zero attached hydrogens (tertiary/aromatic N) is 1. The fourth-order valence-electron chi connectivity index (χ4n) is 3.45. The van der Waals surface area contributed by atoms with Crippen LogP contribution in [0.25, 0.3) is 22.1 Å². The number of nitrogen functional groups attached to an aromatic ring is 1. The average molecular weight is 386 g/mol. The summed E-state index contributed by atoms with van der Waals surface area (Å²) in [4.78, 5) is 23.6. The van der Waals surface area contributed by atoms with Crippen molar-refractivity contribution in [1.29, 1.82) is 0 Å². The number of ketones is 1. The number of nitrogens with two attached hydrogens (primary N) is 1. The number of aryl methyl sites for hydroxylation is 2. The van der Waals surface area contributed by atoms with Gasteiger partial charge in [-0.15, -0.1) is 0 Å². The van der Waals surface area contributed by atoms with E-state index in [1.807, 2.05) is 26.0 Å². The van der Waals surface area contributed by atoms with E-state index in [0.717, 1.165) is 16.7 Å². The Kier molecular flexibility index (Phi) is 4.39. The summed E-state index contributed by atoms with van der Waals surface area (Å²) in [5.74, 6) is -0.170. The zero-order valence-corrected chi connectivity index (χ0v) is 15.9. The zero-order chi connectivity index (χ0) is 20.7. The normalized spacial score (nSPS) is 11.0. The lowest BCUT2D eigenvalue weighted by Gasteiger charge is -2.04. The lowest BCUT2D eigenvalue weighted by atomic mass is 10.00. The quantitative estimate of drug-likeness (QED) is 0.286. The molecule has 4 aromatic rings. The standard InChI is InChI=1S/C23H18N2O4/c1-13-6-8-18(14(2)10-13)22(26)23-21(24)19-9-7-16(12-20(19)29-23)15-4-3-5-17(11-15)25(27)28/h3-12H,24H2,1-2H3. The summed E-state index contributed by atoms with van der Waals surface area (Å²) >= 11 is 0. The van der Waals surface area contributed by atoms with Crippen LogP contribution in [0.15, 0.2) is 65.1 Å². The number of rotatable bonds is 4. The Morgan fingerprint density at radius 3 is 2.48 bits per heavy atom. The van der Waals surface area contributed by atoms with Gasteiger partial charge >= 0.3 is 0 Å². The Labute approximate surface area is 166 Å². The number of furan rings is 1. The van der Waals surface area contributed by atoms with Crippen LogP contribution in [0.2, 0.25) is 0 Å². The van der Waals surface area contributed by atoms with Gasteiger partial charge in [-0.05, 0) is 42.7 Å². The van der Waals surface area contributed by atoms with Crippen molar-refractivity contribution in [2.75, 3.05) is 5.73 Å². The van der Waals surface area contributed by atoms with Gasteiger partial charge in [-0.25, -0.2) is 0 Å². The first kappa shape index (κ1) is 18.4. The van der Waals surface area contributed by atoms with Crippen molar-refractivity contribution in [2.24, 2.45) is 0 Å². The predicted octanol–water partition coefficient (Wildman–Crippen LogP) is 5.44. The smallest absolute Gasteiger partial charge is 0.270 e. The second-order valence-electron chi connectivity index (χ2n) is 7.01. The number of carbonyl (C=O) groups excluding carboxylic acids is 1. The second-order valence-corrected chi connectivity index (χ2v) is 7.01. The van der Waals surface area contributed by atoms with Crippen molar-refractivity contribution in [3.63, 3.8) is 0 Å². The molecule has 144 valence electrons. The van der Waals surface area contributed by atoms with Gasteiger partial charge < -0.3 is 10.2 Å². The van der Waals surface area contributed by atoms with Crippen LogP contribution in [0.1, 0.15) is 27.2 Å². The molecule has 6 heteroatoms. The van der Waals surface area contributed by atoms with Crippen LogP contribution in [0.3, 0.4) is 0 Å². The van der Waals surface area contributed by atoms with E-state index in [2.05, 4.69) is 0 Å². The van der Waals surface area contributed by atoms with Crippen molar-refractivity contribution in [3.8, 4) is 11.1 Å². The summed E-state index contributed by atoms with van der Waals surface area (Å²) in [6.45, 7) is 3.84. The van der Waals surface area contributed by atoms with E-state index < -0.39 is 4.92 Å². The maximum atomic E-state index is 13.0. The third-order valence-electron chi connectivity index (χ3n) is 4.95. The fraction of sp³-hybridized carbons (Fsp3) is 0.0870. The largest absolute Gasteiger partial charge is 0.450 e. The Hall–Kier alpha value is -3.93. The summed E-state index contributed by atoms with van der Waals surface area (Å²) in [7, 11) is 0. The van der Waals surface area contributed by atoms with Crippen molar-refractivity contribution < 1.29 is 14.1 Å². The molecular formula is C23H18N2O4. The number of benzene rings is 3. The average Bonchev–Trinajstić information content (AvgIpc) is 3.03. The maximum absolute atomic E-state index is 13.0. The number of hydrogen-bond acceptors (Lipinski definition) is 5. The van der Waals surface area contributed by atoms with Gasteiger partial charge in [-0.1, -0.05) is 42.0 Å². The molecule has 0 fully saturated rings. The van der Waals surface area contributed by atoms with Crippen molar-refractivity contribution >= 4 is 28.1 Å². The van der Waals surface area contributed by atoms with Gasteiger partial charge in [0.2, 0.25) is 5.78 Å². The molecule has 0 unspecified atom stereocenters. The van der Waals surface area contributed by atoms with Crippen LogP contribution in [0, 0.1) is 24.0 Å². The molecule has 0 amide bonds. The van der Waals surface area contributed by atoms with Crippen molar-refractivity contribution in [2.45, 2.75) is 13.8 Å². The van der Waals surface area contributed by atoms with Crippen LogP contribution >= 0.6 is 0 Å². The first-order chi connectivity index (χ1) is 13.8. The molecular weight excluding hydrogens is 368 g/mol. The number of hydrogen-bond donors (Lipinski definition) is 1. The van der Waals surface area contributed by atoms with Gasteiger partial charge in [0, 0.05) is 23.1 Å². The first-order valence-corrected chi connectivity index (χ1v) is 9.04. The van der Waals surface area contributed by atoms with Crippen molar-refractivity contribution in [3.05, 3.63) is 93.2 Å². The summed E-state index contributed by atoms with van der Waals surface area (Å²) in [5, 5.41) is 11.7. The molecule has 3 aromatic carbocycles. The fourth-order valence-corrected chi connectivity index (χ4v) is 3.45. The van der Waals surface area contributed by atoms with E-state index in [0.29, 0.717) is 22.1 Å². The molecule has 6 nitrogen and oxygen atoms in total. The number of nitro groups is 1. The number of nitro benzene ring substituents is 1. The van der Waals surface area contributed by atoms with Gasteiger partial charge in [-0.2, -0.15) is 0 Å². The lowest BCUT2D eigenvalue weighted by molar-refractivity contribution is -0.384. The maximum Gasteiger partial charge on any atom is 0.270 e. The minimum atomic E-state index is -0.437. The van der Waals surface area contributed by atoms with E-state index in [1.165, 1.54) is 12.1 Å². The SMILES string of the molecule is Cc1ccc(C(=O)c2oc3cc(-c4cccc([N+](=O)[O-])c4)ccc3c2N)c(C)c1. The van der Waals surface area contributed by atoms with E-state index in [1.54, 1.807) is 36.4 Å². The highest BCUT2D eigenvalue weighted by molar-refractivity contribution is 6.15. The van der Waals surface area contributed by atoms with Crippen LogP contribution in [-0.4, -0.2) is 10.7 Å². The summed E-state index contributed by atoms with van der Waals surface area (Å²) in [5.41, 5.74) is 10.8. The topological polar surface area (TPSA) is 99.4 Å². The number of anilines is 1.